The smallest absolute Gasteiger partial charge is 0.149 e. The molecule has 0 aliphatic carbocycles. The molecule has 1 aromatic heterocycles. The first kappa shape index (κ1) is 19.5. The van der Waals surface area contributed by atoms with Gasteiger partial charge in [0.25, 0.3) is 0 Å². The van der Waals surface area contributed by atoms with Crippen LogP contribution >= 0.6 is 0 Å². The molecule has 5 heteroatoms. The van der Waals surface area contributed by atoms with E-state index in [2.05, 4.69) is 22.9 Å². The molecule has 4 rings (SSSR count). The number of nitrogens with zero attached hydrogens (tertiary/aromatic N) is 2. The number of fused-ring (bicyclic) bond motifs is 1. The highest BCUT2D eigenvalue weighted by Crippen LogP contribution is 2.31. The molecule has 1 fully saturated rings. The molecule has 29 heavy (non-hydrogen) atoms. The SMILES string of the molecule is Cc1cc(OC2CCN(C(C)c3ccccc3C=N)CC2)c2cccc(F)c2n1. The summed E-state index contributed by atoms with van der Waals surface area (Å²) in [4.78, 5) is 6.77. The van der Waals surface area contributed by atoms with Crippen LogP contribution in [0.5, 0.6) is 5.75 Å². The van der Waals surface area contributed by atoms with Gasteiger partial charge in [0.2, 0.25) is 0 Å². The summed E-state index contributed by atoms with van der Waals surface area (Å²) in [5.41, 5.74) is 3.29. The van der Waals surface area contributed by atoms with Gasteiger partial charge in [-0.1, -0.05) is 30.3 Å². The molecule has 4 nitrogen and oxygen atoms in total. The van der Waals surface area contributed by atoms with Crippen LogP contribution in [0.4, 0.5) is 4.39 Å². The highest BCUT2D eigenvalue weighted by Gasteiger charge is 2.26. The third kappa shape index (κ3) is 4.01. The largest absolute Gasteiger partial charge is 0.490 e. The van der Waals surface area contributed by atoms with Crippen LogP contribution in [0.2, 0.25) is 0 Å². The Morgan fingerprint density at radius 2 is 1.93 bits per heavy atom. The number of hydrogen-bond donors (Lipinski definition) is 1. The highest BCUT2D eigenvalue weighted by molar-refractivity contribution is 5.85. The lowest BCUT2D eigenvalue weighted by Gasteiger charge is -2.36. The van der Waals surface area contributed by atoms with Crippen LogP contribution in [-0.2, 0) is 0 Å². The number of benzene rings is 2. The maximum atomic E-state index is 14.1. The van der Waals surface area contributed by atoms with Crippen molar-refractivity contribution >= 4 is 17.1 Å². The Morgan fingerprint density at radius 3 is 2.69 bits per heavy atom. The maximum absolute atomic E-state index is 14.1. The lowest BCUT2D eigenvalue weighted by atomic mass is 9.98. The zero-order chi connectivity index (χ0) is 20.4. The van der Waals surface area contributed by atoms with Crippen LogP contribution in [0, 0.1) is 18.2 Å². The quantitative estimate of drug-likeness (QED) is 0.602. The van der Waals surface area contributed by atoms with Gasteiger partial charge in [-0.15, -0.1) is 0 Å². The third-order valence-corrected chi connectivity index (χ3v) is 5.80. The number of halogens is 1. The van der Waals surface area contributed by atoms with Gasteiger partial charge in [-0.25, -0.2) is 9.37 Å². The monoisotopic (exact) mass is 391 g/mol. The number of nitrogens with one attached hydrogen (secondary N) is 1. The second-order valence-corrected chi connectivity index (χ2v) is 7.70. The van der Waals surface area contributed by atoms with Gasteiger partial charge >= 0.3 is 0 Å². The Morgan fingerprint density at radius 1 is 1.17 bits per heavy atom. The zero-order valence-electron chi connectivity index (χ0n) is 16.9. The second-order valence-electron chi connectivity index (χ2n) is 7.70. The number of rotatable bonds is 5. The number of likely N-dealkylation sites (tertiary alicyclic amines) is 1. The van der Waals surface area contributed by atoms with Crippen molar-refractivity contribution in [3.63, 3.8) is 0 Å². The molecule has 2 aromatic carbocycles. The lowest BCUT2D eigenvalue weighted by molar-refractivity contribution is 0.0806. The molecule has 0 spiro atoms. The zero-order valence-corrected chi connectivity index (χ0v) is 16.9. The molecule has 3 aromatic rings. The van der Waals surface area contributed by atoms with Crippen molar-refractivity contribution in [1.29, 1.82) is 5.41 Å². The minimum atomic E-state index is -0.315. The summed E-state index contributed by atoms with van der Waals surface area (Å²) in [5.74, 6) is 0.400. The van der Waals surface area contributed by atoms with Crippen LogP contribution in [0.25, 0.3) is 10.9 Å². The Balaban J connectivity index is 1.46. The van der Waals surface area contributed by atoms with E-state index in [4.69, 9.17) is 10.1 Å². The van der Waals surface area contributed by atoms with Gasteiger partial charge in [0.1, 0.15) is 23.2 Å². The first-order valence-electron chi connectivity index (χ1n) is 10.1. The van der Waals surface area contributed by atoms with E-state index in [1.165, 1.54) is 17.8 Å². The fourth-order valence-electron chi connectivity index (χ4n) is 4.18. The van der Waals surface area contributed by atoms with Crippen molar-refractivity contribution in [3.8, 4) is 5.75 Å². The van der Waals surface area contributed by atoms with E-state index >= 15 is 0 Å². The summed E-state index contributed by atoms with van der Waals surface area (Å²) in [6.45, 7) is 5.92. The van der Waals surface area contributed by atoms with Crippen molar-refractivity contribution in [2.24, 2.45) is 0 Å². The number of piperidine rings is 1. The molecule has 150 valence electrons. The first-order chi connectivity index (χ1) is 14.1. The minimum Gasteiger partial charge on any atom is -0.490 e. The van der Waals surface area contributed by atoms with Crippen LogP contribution in [0.3, 0.4) is 0 Å². The van der Waals surface area contributed by atoms with E-state index < -0.39 is 0 Å². The summed E-state index contributed by atoms with van der Waals surface area (Å²) in [5, 5.41) is 8.38. The lowest BCUT2D eigenvalue weighted by Crippen LogP contribution is -2.39. The van der Waals surface area contributed by atoms with Gasteiger partial charge in [-0.05, 0) is 49.9 Å². The third-order valence-electron chi connectivity index (χ3n) is 5.80. The molecule has 0 saturated carbocycles. The van der Waals surface area contributed by atoms with Crippen LogP contribution < -0.4 is 4.74 Å². The molecule has 0 radical (unpaired) electrons. The molecule has 0 amide bonds. The summed E-state index contributed by atoms with van der Waals surface area (Å²) < 4.78 is 20.5. The molecule has 0 bridgehead atoms. The average Bonchev–Trinajstić information content (AvgIpc) is 2.74. The van der Waals surface area contributed by atoms with Crippen LogP contribution in [-0.4, -0.2) is 35.3 Å². The molecule has 1 aliphatic heterocycles. The molecular formula is C24H26FN3O. The van der Waals surface area contributed by atoms with Gasteiger partial charge in [0.05, 0.1) is 0 Å². The summed E-state index contributed by atoms with van der Waals surface area (Å²) >= 11 is 0. The molecular weight excluding hydrogens is 365 g/mol. The number of hydrogen-bond acceptors (Lipinski definition) is 4. The Kier molecular flexibility index (Phi) is 5.58. The summed E-state index contributed by atoms with van der Waals surface area (Å²) in [6, 6.07) is 15.3. The molecule has 1 atom stereocenters. The maximum Gasteiger partial charge on any atom is 0.149 e. The van der Waals surface area contributed by atoms with E-state index in [1.807, 2.05) is 37.3 Å². The number of ether oxygens (including phenoxy) is 1. The molecule has 1 aliphatic rings. The van der Waals surface area contributed by atoms with Crippen molar-refractivity contribution in [2.45, 2.75) is 38.8 Å². The van der Waals surface area contributed by atoms with Gasteiger partial charge in [-0.2, -0.15) is 0 Å². The second kappa shape index (κ2) is 8.29. The van der Waals surface area contributed by atoms with E-state index in [-0.39, 0.29) is 18.0 Å². The van der Waals surface area contributed by atoms with E-state index in [9.17, 15) is 4.39 Å². The standard InChI is InChI=1S/C24H26FN3O/c1-16-14-23(21-8-5-9-22(25)24(21)27-16)29-19-10-12-28(13-11-19)17(2)20-7-4-3-6-18(20)15-26/h3-9,14-15,17,19,26H,10-13H2,1-2H3. The van der Waals surface area contributed by atoms with Crippen molar-refractivity contribution in [1.82, 2.24) is 9.88 Å². The van der Waals surface area contributed by atoms with E-state index in [0.717, 1.165) is 42.6 Å². The van der Waals surface area contributed by atoms with Gasteiger partial charge in [-0.3, -0.25) is 4.90 Å². The predicted octanol–water partition coefficient (Wildman–Crippen LogP) is 5.28. The van der Waals surface area contributed by atoms with Gasteiger partial charge < -0.3 is 10.1 Å². The van der Waals surface area contributed by atoms with Gasteiger partial charge in [0.15, 0.2) is 0 Å². The van der Waals surface area contributed by atoms with Crippen LogP contribution in [0.1, 0.15) is 42.6 Å². The summed E-state index contributed by atoms with van der Waals surface area (Å²) in [6.07, 6.45) is 3.35. The first-order valence-corrected chi connectivity index (χ1v) is 10.1. The van der Waals surface area contributed by atoms with Crippen molar-refractivity contribution in [3.05, 3.63) is 71.2 Å². The summed E-state index contributed by atoms with van der Waals surface area (Å²) in [7, 11) is 0. The van der Waals surface area contributed by atoms with E-state index in [1.54, 1.807) is 6.07 Å². The van der Waals surface area contributed by atoms with E-state index in [0.29, 0.717) is 11.3 Å². The minimum absolute atomic E-state index is 0.102. The van der Waals surface area contributed by atoms with Crippen molar-refractivity contribution in [2.75, 3.05) is 13.1 Å². The average molecular weight is 391 g/mol. The molecule has 1 unspecified atom stereocenters. The normalized spacial score (nSPS) is 16.7. The van der Waals surface area contributed by atoms with Crippen molar-refractivity contribution < 1.29 is 9.13 Å². The Hall–Kier alpha value is -2.79. The molecule has 2 heterocycles. The Bertz CT molecular complexity index is 1030. The number of aryl methyl sites for hydroxylation is 1. The molecule has 1 N–H and O–H groups in total. The topological polar surface area (TPSA) is 49.2 Å². The fraction of sp³-hybridized carbons (Fsp3) is 0.333. The number of para-hydroxylation sites is 1. The Labute approximate surface area is 170 Å². The fourth-order valence-corrected chi connectivity index (χ4v) is 4.18. The van der Waals surface area contributed by atoms with Gasteiger partial charge in [0, 0.05) is 42.5 Å². The predicted molar refractivity (Wildman–Crippen MR) is 114 cm³/mol. The van der Waals surface area contributed by atoms with Crippen LogP contribution in [0.15, 0.2) is 48.5 Å². The highest BCUT2D eigenvalue weighted by atomic mass is 19.1. The molecule has 1 saturated heterocycles. The number of pyridine rings is 1. The number of aromatic nitrogens is 1.